The van der Waals surface area contributed by atoms with E-state index in [1.54, 1.807) is 17.6 Å². The molecule has 0 spiro atoms. The molecule has 32 heavy (non-hydrogen) atoms. The number of hydrogen-bond donors (Lipinski definition) is 1. The van der Waals surface area contributed by atoms with Crippen LogP contribution in [0.25, 0.3) is 0 Å². The maximum atomic E-state index is 13.5. The van der Waals surface area contributed by atoms with Gasteiger partial charge >= 0.3 is 11.8 Å². The van der Waals surface area contributed by atoms with Crippen molar-refractivity contribution < 1.29 is 19.9 Å². The molecule has 0 amide bonds. The second kappa shape index (κ2) is 8.47. The minimum Gasteiger partial charge on any atom is -0.275 e. The van der Waals surface area contributed by atoms with Crippen molar-refractivity contribution in [2.45, 2.75) is 64.2 Å². The smallest absolute Gasteiger partial charge is 0.275 e. The van der Waals surface area contributed by atoms with Gasteiger partial charge in [0.2, 0.25) is 4.79 Å². The van der Waals surface area contributed by atoms with Gasteiger partial charge in [-0.2, -0.15) is 5.48 Å². The Hall–Kier alpha value is -2.46. The van der Waals surface area contributed by atoms with Gasteiger partial charge in [-0.15, -0.1) is 0 Å². The first-order chi connectivity index (χ1) is 15.6. The average Bonchev–Trinajstić information content (AvgIpc) is 3.48. The molecule has 3 aliphatic carbocycles. The van der Waals surface area contributed by atoms with Crippen LogP contribution < -0.4 is 5.48 Å². The van der Waals surface area contributed by atoms with Crippen LogP contribution in [0.5, 0.6) is 0 Å². The Labute approximate surface area is 190 Å². The second-order valence-corrected chi connectivity index (χ2v) is 10.2. The summed E-state index contributed by atoms with van der Waals surface area (Å²) in [6.07, 6.45) is 10.0. The molecule has 0 bridgehead atoms. The number of rotatable bonds is 7. The van der Waals surface area contributed by atoms with E-state index in [0.717, 1.165) is 5.56 Å². The molecule has 4 nitrogen and oxygen atoms in total. The minimum absolute atomic E-state index is 0.200. The van der Waals surface area contributed by atoms with Gasteiger partial charge in [-0.1, -0.05) is 62.9 Å². The molecule has 167 valence electrons. The summed E-state index contributed by atoms with van der Waals surface area (Å²) in [6, 6.07) is 17.4. The van der Waals surface area contributed by atoms with Gasteiger partial charge < -0.3 is 0 Å². The fourth-order valence-corrected chi connectivity index (χ4v) is 7.02. The lowest BCUT2D eigenvalue weighted by Gasteiger charge is -2.33. The lowest BCUT2D eigenvalue weighted by atomic mass is 9.71. The summed E-state index contributed by atoms with van der Waals surface area (Å²) in [5.74, 6) is 0.422. The number of nitrogens with two attached hydrogens (primary N) is 1. The number of hydrogen-bond acceptors (Lipinski definition) is 3. The third kappa shape index (κ3) is 3.49. The van der Waals surface area contributed by atoms with Crippen molar-refractivity contribution in [1.29, 1.82) is 0 Å². The molecule has 4 heteroatoms. The Morgan fingerprint density at radius 3 is 2.03 bits per heavy atom. The molecule has 3 saturated carbocycles. The highest BCUT2D eigenvalue weighted by Crippen LogP contribution is 2.81. The second-order valence-electron chi connectivity index (χ2n) is 10.2. The number of Topliss-reactive ketones (excluding diaryl/α,β-unsaturated/α-hetero) is 1. The molecule has 0 aliphatic heterocycles. The molecule has 2 N–H and O–H groups in total. The van der Waals surface area contributed by atoms with E-state index in [4.69, 9.17) is 4.84 Å². The first kappa shape index (κ1) is 21.4. The lowest BCUT2D eigenvalue weighted by Crippen LogP contribution is -2.84. The summed E-state index contributed by atoms with van der Waals surface area (Å²) in [7, 11) is 0. The number of carbonyl (C=O) groups excluding carboxylic acids is 2. The van der Waals surface area contributed by atoms with E-state index < -0.39 is 0 Å². The van der Waals surface area contributed by atoms with Gasteiger partial charge in [0.1, 0.15) is 12.5 Å². The Morgan fingerprint density at radius 2 is 1.47 bits per heavy atom. The highest BCUT2D eigenvalue weighted by Gasteiger charge is 2.81. The number of hydroxylamine groups is 1. The van der Waals surface area contributed by atoms with Crippen molar-refractivity contribution in [3.05, 3.63) is 71.3 Å². The Morgan fingerprint density at radius 1 is 0.938 bits per heavy atom. The van der Waals surface area contributed by atoms with E-state index in [2.05, 4.69) is 19.1 Å². The van der Waals surface area contributed by atoms with E-state index in [1.807, 2.05) is 30.3 Å². The molecule has 0 heterocycles. The number of quaternary nitrogens is 1. The van der Waals surface area contributed by atoms with Gasteiger partial charge in [0, 0.05) is 5.92 Å². The Bertz CT molecular complexity index is 947. The summed E-state index contributed by atoms with van der Waals surface area (Å²) >= 11 is 0. The highest BCUT2D eigenvalue weighted by molar-refractivity contribution is 6.02. The van der Waals surface area contributed by atoms with Crippen LogP contribution in [0.1, 0.15) is 90.5 Å². The number of benzene rings is 2. The van der Waals surface area contributed by atoms with Crippen LogP contribution >= 0.6 is 0 Å². The van der Waals surface area contributed by atoms with E-state index in [9.17, 15) is 9.59 Å². The first-order valence-corrected chi connectivity index (χ1v) is 12.3. The van der Waals surface area contributed by atoms with Crippen LogP contribution in [-0.4, -0.2) is 18.3 Å². The van der Waals surface area contributed by atoms with E-state index in [1.165, 1.54) is 56.9 Å². The van der Waals surface area contributed by atoms with Crippen LogP contribution in [-0.2, 0) is 4.84 Å². The first-order valence-electron chi connectivity index (χ1n) is 12.3. The largest absolute Gasteiger partial charge is 0.478 e. The molecular formula is C28H34NO3+2. The minimum atomic E-state index is -0.366. The van der Waals surface area contributed by atoms with Gasteiger partial charge in [0.05, 0.1) is 11.1 Å². The molecule has 0 aromatic heterocycles. The predicted molar refractivity (Wildman–Crippen MR) is 123 cm³/mol. The molecule has 1 atom stereocenters. The van der Waals surface area contributed by atoms with E-state index >= 15 is 0 Å². The summed E-state index contributed by atoms with van der Waals surface area (Å²) in [5, 5.41) is 0. The zero-order chi connectivity index (χ0) is 22.2. The molecule has 3 fully saturated rings. The van der Waals surface area contributed by atoms with Crippen LogP contribution in [0.15, 0.2) is 54.6 Å². The van der Waals surface area contributed by atoms with Crippen LogP contribution in [0, 0.1) is 16.7 Å². The normalized spacial score (nSPS) is 29.3. The van der Waals surface area contributed by atoms with E-state index in [-0.39, 0.29) is 28.6 Å². The number of ketones is 1. The molecule has 1 radical (unpaired) electrons. The van der Waals surface area contributed by atoms with Gasteiger partial charge in [-0.05, 0) is 66.3 Å². The van der Waals surface area contributed by atoms with Crippen molar-refractivity contribution in [2.75, 3.05) is 6.54 Å². The van der Waals surface area contributed by atoms with Crippen LogP contribution in [0.3, 0.4) is 0 Å². The summed E-state index contributed by atoms with van der Waals surface area (Å²) < 4.78 is 0. The average molecular weight is 433 g/mol. The Balaban J connectivity index is 1.19. The molecule has 5 rings (SSSR count). The maximum absolute atomic E-state index is 13.5. The molecule has 0 saturated heterocycles. The van der Waals surface area contributed by atoms with Crippen molar-refractivity contribution in [1.82, 2.24) is 0 Å². The highest BCUT2D eigenvalue weighted by atomic mass is 16.7. The predicted octanol–water partition coefficient (Wildman–Crippen LogP) is 5.06. The van der Waals surface area contributed by atoms with Crippen LogP contribution in [0.2, 0.25) is 0 Å². The Kier molecular flexibility index (Phi) is 5.66. The van der Waals surface area contributed by atoms with Crippen LogP contribution in [0.4, 0.5) is 0 Å². The van der Waals surface area contributed by atoms with Crippen molar-refractivity contribution >= 4 is 11.8 Å². The van der Waals surface area contributed by atoms with E-state index in [0.29, 0.717) is 17.9 Å². The third-order valence-electron chi connectivity index (χ3n) is 8.68. The van der Waals surface area contributed by atoms with Gasteiger partial charge in [-0.3, -0.25) is 4.84 Å². The van der Waals surface area contributed by atoms with Gasteiger partial charge in [-0.25, -0.2) is 4.79 Å². The molecule has 2 aromatic rings. The lowest BCUT2D eigenvalue weighted by molar-refractivity contribution is -0.871. The third-order valence-corrected chi connectivity index (χ3v) is 8.68. The summed E-state index contributed by atoms with van der Waals surface area (Å²) in [6.45, 7) is 2.78. The van der Waals surface area contributed by atoms with Crippen molar-refractivity contribution in [3.8, 4) is 0 Å². The quantitative estimate of drug-likeness (QED) is 0.378. The summed E-state index contributed by atoms with van der Waals surface area (Å²) in [4.78, 5) is 31.3. The monoisotopic (exact) mass is 432 g/mol. The molecule has 2 aromatic carbocycles. The zero-order valence-corrected chi connectivity index (χ0v) is 19.0. The summed E-state index contributed by atoms with van der Waals surface area (Å²) in [5.41, 5.74) is 4.63. The van der Waals surface area contributed by atoms with Gasteiger partial charge in [0.15, 0.2) is 0 Å². The topological polar surface area (TPSA) is 62.8 Å². The maximum Gasteiger partial charge on any atom is 0.478 e. The molecular weight excluding hydrogens is 398 g/mol. The van der Waals surface area contributed by atoms with Crippen molar-refractivity contribution in [3.63, 3.8) is 0 Å². The standard InChI is InChI=1S/C28H33NO3/c1-20(21-9-3-2-4-10-21)19-29-32-26(31)23-13-11-22(12-14-23)24(30)25-27-15-5-6-16-28(25,27)18-8-7-17-27/h2-4,9-14,20,25,29H,5-8,15-19H2,1H3/q+1/p+1. The number of carbonyl (C=O) groups is 2. The van der Waals surface area contributed by atoms with Gasteiger partial charge in [0.25, 0.3) is 0 Å². The fourth-order valence-electron chi connectivity index (χ4n) is 7.02. The molecule has 1 unspecified atom stereocenters. The fraction of sp³-hybridized carbons (Fsp3) is 0.500. The molecule has 3 aliphatic rings. The zero-order valence-electron chi connectivity index (χ0n) is 19.0. The SMILES string of the molecule is CC(C[NH2+]OC(=O)c1ccc(C(=[O+])C2C34CCCCC23CCCC4)cc1)c1ccccc1. The van der Waals surface area contributed by atoms with Crippen molar-refractivity contribution in [2.24, 2.45) is 16.7 Å².